The molecule has 1 aromatic rings. The third-order valence-corrected chi connectivity index (χ3v) is 4.14. The van der Waals surface area contributed by atoms with E-state index in [1.165, 1.54) is 11.5 Å². The van der Waals surface area contributed by atoms with Crippen molar-refractivity contribution < 1.29 is 5.11 Å². The number of nitrogens with zero attached hydrogens (tertiary/aromatic N) is 1. The number of aliphatic hydroxyl groups is 1. The van der Waals surface area contributed by atoms with Crippen molar-refractivity contribution in [3.8, 4) is 0 Å². The summed E-state index contributed by atoms with van der Waals surface area (Å²) in [7, 11) is 0. The van der Waals surface area contributed by atoms with Gasteiger partial charge in [0.1, 0.15) is 0 Å². The van der Waals surface area contributed by atoms with Gasteiger partial charge in [0.25, 0.3) is 0 Å². The Morgan fingerprint density at radius 3 is 2.21 bits per heavy atom. The predicted molar refractivity (Wildman–Crippen MR) is 60.3 cm³/mol. The topological polar surface area (TPSA) is 33.1 Å². The monoisotopic (exact) mass is 213 g/mol. The van der Waals surface area contributed by atoms with Gasteiger partial charge in [-0.1, -0.05) is 34.6 Å². The molecule has 14 heavy (non-hydrogen) atoms. The summed E-state index contributed by atoms with van der Waals surface area (Å²) in [6.45, 7) is 10.6. The highest BCUT2D eigenvalue weighted by molar-refractivity contribution is 7.05. The van der Waals surface area contributed by atoms with Crippen LogP contribution in [0.2, 0.25) is 0 Å². The van der Waals surface area contributed by atoms with Crippen molar-refractivity contribution in [1.29, 1.82) is 0 Å². The number of aromatic nitrogens is 1. The molecular weight excluding hydrogens is 194 g/mol. The van der Waals surface area contributed by atoms with E-state index in [9.17, 15) is 5.11 Å². The van der Waals surface area contributed by atoms with Crippen LogP contribution in [-0.4, -0.2) is 9.48 Å². The summed E-state index contributed by atoms with van der Waals surface area (Å²) in [5.41, 5.74) is -0.0874. The zero-order valence-corrected chi connectivity index (χ0v) is 10.4. The molecule has 3 heteroatoms. The summed E-state index contributed by atoms with van der Waals surface area (Å²) in [6, 6.07) is 1.89. The molecule has 1 rings (SSSR count). The predicted octanol–water partition coefficient (Wildman–Crippen LogP) is 3.25. The maximum Gasteiger partial charge on any atom is 0.0953 e. The van der Waals surface area contributed by atoms with E-state index in [0.717, 1.165) is 4.88 Å². The molecular formula is C11H19NOS. The molecule has 1 aromatic heterocycles. The standard InChI is InChI=1S/C11H19NOS/c1-10(2,3)11(4,5)9(13)8-6-7-12-14-8/h6-7,9,13H,1-5H3. The fourth-order valence-corrected chi connectivity index (χ4v) is 1.89. The minimum atomic E-state index is -0.435. The molecule has 0 fully saturated rings. The van der Waals surface area contributed by atoms with Crippen LogP contribution in [-0.2, 0) is 0 Å². The van der Waals surface area contributed by atoms with Crippen LogP contribution < -0.4 is 0 Å². The van der Waals surface area contributed by atoms with Crippen LogP contribution >= 0.6 is 11.5 Å². The Balaban J connectivity index is 2.94. The average Bonchev–Trinajstić information content (AvgIpc) is 2.52. The van der Waals surface area contributed by atoms with E-state index in [1.54, 1.807) is 6.20 Å². The second kappa shape index (κ2) is 3.63. The molecule has 0 aromatic carbocycles. The molecule has 0 aliphatic carbocycles. The maximum atomic E-state index is 10.2. The van der Waals surface area contributed by atoms with Crippen molar-refractivity contribution in [1.82, 2.24) is 4.37 Å². The first kappa shape index (κ1) is 11.7. The lowest BCUT2D eigenvalue weighted by Crippen LogP contribution is -2.35. The SMILES string of the molecule is CC(C)(C)C(C)(C)C(O)c1ccns1. The Hall–Kier alpha value is -0.410. The molecule has 0 saturated heterocycles. The van der Waals surface area contributed by atoms with Gasteiger partial charge in [-0.2, -0.15) is 0 Å². The van der Waals surface area contributed by atoms with Crippen molar-refractivity contribution in [2.24, 2.45) is 10.8 Å². The molecule has 1 atom stereocenters. The summed E-state index contributed by atoms with van der Waals surface area (Å²) in [5.74, 6) is 0. The number of hydrogen-bond donors (Lipinski definition) is 1. The molecule has 0 saturated carbocycles. The third-order valence-electron chi connectivity index (χ3n) is 3.34. The first-order valence-corrected chi connectivity index (χ1v) is 5.63. The van der Waals surface area contributed by atoms with E-state index in [1.807, 2.05) is 6.07 Å². The number of aliphatic hydroxyl groups excluding tert-OH is 1. The highest BCUT2D eigenvalue weighted by Gasteiger charge is 2.40. The van der Waals surface area contributed by atoms with E-state index < -0.39 is 6.10 Å². The zero-order valence-electron chi connectivity index (χ0n) is 9.53. The largest absolute Gasteiger partial charge is 0.387 e. The smallest absolute Gasteiger partial charge is 0.0953 e. The fraction of sp³-hybridized carbons (Fsp3) is 0.727. The quantitative estimate of drug-likeness (QED) is 0.818. The van der Waals surface area contributed by atoms with Crippen LogP contribution in [0, 0.1) is 10.8 Å². The normalized spacial score (nSPS) is 15.6. The van der Waals surface area contributed by atoms with Crippen LogP contribution in [0.15, 0.2) is 12.3 Å². The minimum Gasteiger partial charge on any atom is -0.387 e. The first-order valence-electron chi connectivity index (χ1n) is 4.85. The van der Waals surface area contributed by atoms with E-state index >= 15 is 0 Å². The van der Waals surface area contributed by atoms with Crippen molar-refractivity contribution in [3.05, 3.63) is 17.1 Å². The molecule has 0 bridgehead atoms. The molecule has 0 aliphatic rings. The van der Waals surface area contributed by atoms with Crippen molar-refractivity contribution in [2.45, 2.75) is 40.7 Å². The molecule has 0 aliphatic heterocycles. The number of rotatable bonds is 2. The fourth-order valence-electron chi connectivity index (χ4n) is 1.13. The Kier molecular flexibility index (Phi) is 3.02. The first-order chi connectivity index (χ1) is 6.27. The molecule has 1 N–H and O–H groups in total. The average molecular weight is 213 g/mol. The van der Waals surface area contributed by atoms with Crippen molar-refractivity contribution in [3.63, 3.8) is 0 Å². The Morgan fingerprint density at radius 2 is 1.86 bits per heavy atom. The van der Waals surface area contributed by atoms with Gasteiger partial charge in [0.2, 0.25) is 0 Å². The molecule has 2 nitrogen and oxygen atoms in total. The molecule has 1 heterocycles. The van der Waals surface area contributed by atoms with E-state index in [4.69, 9.17) is 0 Å². The molecule has 1 unspecified atom stereocenters. The zero-order chi connectivity index (χ0) is 11.0. The second-order valence-corrected chi connectivity index (χ2v) is 6.15. The van der Waals surface area contributed by atoms with Crippen LogP contribution in [0.5, 0.6) is 0 Å². The number of hydrogen-bond acceptors (Lipinski definition) is 3. The lowest BCUT2D eigenvalue weighted by Gasteiger charge is -2.42. The molecule has 0 radical (unpaired) electrons. The van der Waals surface area contributed by atoms with Gasteiger partial charge in [0, 0.05) is 11.6 Å². The summed E-state index contributed by atoms with van der Waals surface area (Å²) < 4.78 is 4.02. The van der Waals surface area contributed by atoms with E-state index in [2.05, 4.69) is 39.0 Å². The maximum absolute atomic E-state index is 10.2. The van der Waals surface area contributed by atoms with Gasteiger partial charge in [0.15, 0.2) is 0 Å². The van der Waals surface area contributed by atoms with E-state index in [-0.39, 0.29) is 10.8 Å². The van der Waals surface area contributed by atoms with Gasteiger partial charge in [-0.25, -0.2) is 4.37 Å². The Morgan fingerprint density at radius 1 is 1.29 bits per heavy atom. The summed E-state index contributed by atoms with van der Waals surface area (Å²) in [4.78, 5) is 0.949. The summed E-state index contributed by atoms with van der Waals surface area (Å²) in [6.07, 6.45) is 1.30. The van der Waals surface area contributed by atoms with Gasteiger partial charge in [-0.15, -0.1) is 0 Å². The summed E-state index contributed by atoms with van der Waals surface area (Å²) in [5, 5.41) is 10.2. The lowest BCUT2D eigenvalue weighted by molar-refractivity contribution is -0.0270. The lowest BCUT2D eigenvalue weighted by atomic mass is 9.65. The van der Waals surface area contributed by atoms with Crippen LogP contribution in [0.3, 0.4) is 0 Å². The van der Waals surface area contributed by atoms with Gasteiger partial charge < -0.3 is 5.11 Å². The van der Waals surface area contributed by atoms with Crippen molar-refractivity contribution in [2.75, 3.05) is 0 Å². The Bertz CT molecular complexity index is 285. The van der Waals surface area contributed by atoms with Gasteiger partial charge in [-0.3, -0.25) is 0 Å². The molecule has 80 valence electrons. The highest BCUT2D eigenvalue weighted by atomic mass is 32.1. The van der Waals surface area contributed by atoms with Crippen LogP contribution in [0.25, 0.3) is 0 Å². The van der Waals surface area contributed by atoms with Crippen LogP contribution in [0.4, 0.5) is 0 Å². The van der Waals surface area contributed by atoms with Gasteiger partial charge in [0.05, 0.1) is 11.0 Å². The third kappa shape index (κ3) is 1.98. The minimum absolute atomic E-state index is 0.0659. The van der Waals surface area contributed by atoms with E-state index in [0.29, 0.717) is 0 Å². The van der Waals surface area contributed by atoms with Crippen molar-refractivity contribution >= 4 is 11.5 Å². The second-order valence-electron chi connectivity index (χ2n) is 5.29. The highest BCUT2D eigenvalue weighted by Crippen LogP contribution is 2.47. The van der Waals surface area contributed by atoms with Crippen LogP contribution in [0.1, 0.15) is 45.6 Å². The molecule has 0 spiro atoms. The summed E-state index contributed by atoms with van der Waals surface area (Å²) >= 11 is 1.37. The Labute approximate surface area is 90.1 Å². The van der Waals surface area contributed by atoms with Gasteiger partial charge in [-0.05, 0) is 23.0 Å². The van der Waals surface area contributed by atoms with Gasteiger partial charge >= 0.3 is 0 Å². The molecule has 0 amide bonds.